The maximum Gasteiger partial charge on any atom is 0.255 e. The van der Waals surface area contributed by atoms with Crippen LogP contribution < -0.4 is 5.32 Å². The van der Waals surface area contributed by atoms with E-state index in [-0.39, 0.29) is 11.9 Å². The van der Waals surface area contributed by atoms with Gasteiger partial charge in [0.25, 0.3) is 5.91 Å². The number of rotatable bonds is 6. The molecule has 29 heavy (non-hydrogen) atoms. The molecule has 0 saturated carbocycles. The Morgan fingerprint density at radius 1 is 1.07 bits per heavy atom. The summed E-state index contributed by atoms with van der Waals surface area (Å²) in [6, 6.07) is 21.8. The standard InChI is InChI=1S/C24H24N4O/c1-3-10-22-20(24(29)26-17(2)18-11-6-4-7-12-18)16-25-23-15-21(27-28(22)23)19-13-8-5-9-14-19/h4-9,11-17H,3,10H2,1-2H3,(H,26,29)/t17-/m1/s1. The van der Waals surface area contributed by atoms with E-state index in [4.69, 9.17) is 5.10 Å². The molecule has 146 valence electrons. The van der Waals surface area contributed by atoms with Crippen LogP contribution in [-0.2, 0) is 6.42 Å². The van der Waals surface area contributed by atoms with E-state index in [0.717, 1.165) is 41.0 Å². The summed E-state index contributed by atoms with van der Waals surface area (Å²) in [4.78, 5) is 17.6. The quantitative estimate of drug-likeness (QED) is 0.517. The smallest absolute Gasteiger partial charge is 0.255 e. The molecule has 1 amide bonds. The van der Waals surface area contributed by atoms with Crippen LogP contribution in [0.5, 0.6) is 0 Å². The van der Waals surface area contributed by atoms with Gasteiger partial charge in [-0.25, -0.2) is 9.50 Å². The average Bonchev–Trinajstić information content (AvgIpc) is 3.20. The third-order valence-corrected chi connectivity index (χ3v) is 5.03. The van der Waals surface area contributed by atoms with Crippen LogP contribution in [0.3, 0.4) is 0 Å². The summed E-state index contributed by atoms with van der Waals surface area (Å²) in [5.41, 5.74) is 5.16. The predicted octanol–water partition coefficient (Wildman–Crippen LogP) is 4.84. The summed E-state index contributed by atoms with van der Waals surface area (Å²) in [5, 5.41) is 7.85. The van der Waals surface area contributed by atoms with Gasteiger partial charge in [-0.3, -0.25) is 4.79 Å². The zero-order valence-electron chi connectivity index (χ0n) is 16.7. The van der Waals surface area contributed by atoms with Crippen molar-refractivity contribution in [2.24, 2.45) is 0 Å². The van der Waals surface area contributed by atoms with Crippen molar-refractivity contribution < 1.29 is 4.79 Å². The molecule has 5 heteroatoms. The molecule has 0 saturated heterocycles. The van der Waals surface area contributed by atoms with E-state index >= 15 is 0 Å². The van der Waals surface area contributed by atoms with Crippen LogP contribution >= 0.6 is 0 Å². The molecule has 2 heterocycles. The zero-order chi connectivity index (χ0) is 20.2. The summed E-state index contributed by atoms with van der Waals surface area (Å²) >= 11 is 0. The summed E-state index contributed by atoms with van der Waals surface area (Å²) in [7, 11) is 0. The Kier molecular flexibility index (Phi) is 5.38. The Morgan fingerprint density at radius 3 is 2.45 bits per heavy atom. The number of amides is 1. The molecule has 0 aliphatic heterocycles. The fourth-order valence-corrected chi connectivity index (χ4v) is 3.50. The van der Waals surface area contributed by atoms with Crippen molar-refractivity contribution in [3.63, 3.8) is 0 Å². The van der Waals surface area contributed by atoms with Gasteiger partial charge in [0.05, 0.1) is 23.0 Å². The van der Waals surface area contributed by atoms with Crippen molar-refractivity contribution in [2.45, 2.75) is 32.7 Å². The molecule has 0 fully saturated rings. The predicted molar refractivity (Wildman–Crippen MR) is 115 cm³/mol. The minimum absolute atomic E-state index is 0.0913. The van der Waals surface area contributed by atoms with Crippen molar-refractivity contribution in [3.05, 3.63) is 89.7 Å². The van der Waals surface area contributed by atoms with Crippen molar-refractivity contribution in [2.75, 3.05) is 0 Å². The van der Waals surface area contributed by atoms with Crippen molar-refractivity contribution >= 4 is 11.6 Å². The van der Waals surface area contributed by atoms with Crippen LogP contribution in [0.15, 0.2) is 72.9 Å². The molecule has 1 N–H and O–H groups in total. The molecule has 2 aromatic heterocycles. The first kappa shape index (κ1) is 18.9. The monoisotopic (exact) mass is 384 g/mol. The van der Waals surface area contributed by atoms with Crippen LogP contribution in [-0.4, -0.2) is 20.5 Å². The molecular formula is C24H24N4O. The maximum atomic E-state index is 13.1. The van der Waals surface area contributed by atoms with E-state index in [2.05, 4.69) is 17.2 Å². The first-order valence-electron chi connectivity index (χ1n) is 9.96. The highest BCUT2D eigenvalue weighted by molar-refractivity contribution is 5.95. The van der Waals surface area contributed by atoms with Gasteiger partial charge in [0.1, 0.15) is 0 Å². The Hall–Kier alpha value is -3.47. The van der Waals surface area contributed by atoms with E-state index < -0.39 is 0 Å². The number of carbonyl (C=O) groups excluding carboxylic acids is 1. The summed E-state index contributed by atoms with van der Waals surface area (Å²) in [5.74, 6) is -0.129. The second kappa shape index (κ2) is 8.27. The van der Waals surface area contributed by atoms with Gasteiger partial charge in [-0.15, -0.1) is 0 Å². The van der Waals surface area contributed by atoms with Crippen molar-refractivity contribution in [1.82, 2.24) is 19.9 Å². The number of nitrogens with zero attached hydrogens (tertiary/aromatic N) is 3. The number of hydrogen-bond donors (Lipinski definition) is 1. The molecule has 2 aromatic carbocycles. The molecule has 0 unspecified atom stereocenters. The minimum Gasteiger partial charge on any atom is -0.345 e. The van der Waals surface area contributed by atoms with Gasteiger partial charge < -0.3 is 5.32 Å². The van der Waals surface area contributed by atoms with Gasteiger partial charge in [-0.05, 0) is 18.9 Å². The number of benzene rings is 2. The van der Waals surface area contributed by atoms with Gasteiger partial charge in [0.15, 0.2) is 5.65 Å². The van der Waals surface area contributed by atoms with E-state index in [1.54, 1.807) is 6.20 Å². The Bertz CT molecular complexity index is 1120. The number of aryl methyl sites for hydroxylation is 1. The van der Waals surface area contributed by atoms with Crippen LogP contribution in [0.4, 0.5) is 0 Å². The van der Waals surface area contributed by atoms with Crippen molar-refractivity contribution in [1.29, 1.82) is 0 Å². The third kappa shape index (κ3) is 3.90. The average molecular weight is 384 g/mol. The van der Waals surface area contributed by atoms with E-state index in [0.29, 0.717) is 5.56 Å². The zero-order valence-corrected chi connectivity index (χ0v) is 16.7. The topological polar surface area (TPSA) is 59.3 Å². The molecule has 4 aromatic rings. The first-order chi connectivity index (χ1) is 14.2. The third-order valence-electron chi connectivity index (χ3n) is 5.03. The van der Waals surface area contributed by atoms with E-state index in [9.17, 15) is 4.79 Å². The molecule has 0 aliphatic rings. The summed E-state index contributed by atoms with van der Waals surface area (Å²) in [6.07, 6.45) is 3.33. The van der Waals surface area contributed by atoms with Crippen LogP contribution in [0.2, 0.25) is 0 Å². The molecule has 0 radical (unpaired) electrons. The number of carbonyl (C=O) groups is 1. The first-order valence-corrected chi connectivity index (χ1v) is 9.96. The molecule has 4 rings (SSSR count). The van der Waals surface area contributed by atoms with Gasteiger partial charge in [0.2, 0.25) is 0 Å². The highest BCUT2D eigenvalue weighted by Crippen LogP contribution is 2.22. The highest BCUT2D eigenvalue weighted by atomic mass is 16.1. The second-order valence-electron chi connectivity index (χ2n) is 7.14. The molecule has 0 bridgehead atoms. The van der Waals surface area contributed by atoms with E-state index in [1.165, 1.54) is 0 Å². The van der Waals surface area contributed by atoms with Crippen LogP contribution in [0.25, 0.3) is 16.9 Å². The Balaban J connectivity index is 1.70. The lowest BCUT2D eigenvalue weighted by Crippen LogP contribution is -2.28. The summed E-state index contributed by atoms with van der Waals surface area (Å²) < 4.78 is 1.81. The maximum absolute atomic E-state index is 13.1. The molecule has 0 spiro atoms. The van der Waals surface area contributed by atoms with Crippen molar-refractivity contribution in [3.8, 4) is 11.3 Å². The number of aromatic nitrogens is 3. The second-order valence-corrected chi connectivity index (χ2v) is 7.14. The van der Waals surface area contributed by atoms with Gasteiger partial charge in [-0.1, -0.05) is 74.0 Å². The SMILES string of the molecule is CCCc1c(C(=O)N[C@H](C)c2ccccc2)cnc2cc(-c3ccccc3)nn12. The normalized spacial score (nSPS) is 12.1. The highest BCUT2D eigenvalue weighted by Gasteiger charge is 2.19. The molecule has 0 aliphatic carbocycles. The van der Waals surface area contributed by atoms with Crippen LogP contribution in [0, 0.1) is 0 Å². The number of nitrogens with one attached hydrogen (secondary N) is 1. The number of hydrogen-bond acceptors (Lipinski definition) is 3. The van der Waals surface area contributed by atoms with Gasteiger partial charge in [0, 0.05) is 17.8 Å². The lowest BCUT2D eigenvalue weighted by atomic mass is 10.1. The summed E-state index contributed by atoms with van der Waals surface area (Å²) in [6.45, 7) is 4.09. The Morgan fingerprint density at radius 2 is 1.76 bits per heavy atom. The Labute approximate surface area is 170 Å². The van der Waals surface area contributed by atoms with E-state index in [1.807, 2.05) is 78.2 Å². The minimum atomic E-state index is -0.129. The largest absolute Gasteiger partial charge is 0.345 e. The molecule has 1 atom stereocenters. The lowest BCUT2D eigenvalue weighted by molar-refractivity contribution is 0.0937. The van der Waals surface area contributed by atoms with Gasteiger partial charge in [-0.2, -0.15) is 5.10 Å². The fraction of sp³-hybridized carbons (Fsp3) is 0.208. The molecular weight excluding hydrogens is 360 g/mol. The number of fused-ring (bicyclic) bond motifs is 1. The molecule has 5 nitrogen and oxygen atoms in total. The van der Waals surface area contributed by atoms with Gasteiger partial charge >= 0.3 is 0 Å². The fourth-order valence-electron chi connectivity index (χ4n) is 3.50. The van der Waals surface area contributed by atoms with Crippen LogP contribution in [0.1, 0.15) is 47.9 Å². The lowest BCUT2D eigenvalue weighted by Gasteiger charge is -2.16.